The lowest BCUT2D eigenvalue weighted by Gasteiger charge is -2.22. The van der Waals surface area contributed by atoms with Gasteiger partial charge < -0.3 is 14.8 Å². The van der Waals surface area contributed by atoms with Gasteiger partial charge in [-0.3, -0.25) is 9.27 Å². The van der Waals surface area contributed by atoms with E-state index < -0.39 is 34.0 Å². The van der Waals surface area contributed by atoms with E-state index in [0.717, 1.165) is 0 Å². The van der Waals surface area contributed by atoms with Gasteiger partial charge in [-0.25, -0.2) is 9.59 Å². The summed E-state index contributed by atoms with van der Waals surface area (Å²) in [6.07, 6.45) is -0.648. The first-order chi connectivity index (χ1) is 11.4. The van der Waals surface area contributed by atoms with Crippen LogP contribution in [0.5, 0.6) is 0 Å². The summed E-state index contributed by atoms with van der Waals surface area (Å²) in [4.78, 5) is 23.7. The minimum atomic E-state index is -4.36. The van der Waals surface area contributed by atoms with Crippen molar-refractivity contribution in [1.29, 1.82) is 0 Å². The molecular weight excluding hydrogens is 352 g/mol. The van der Waals surface area contributed by atoms with Crippen LogP contribution in [0.1, 0.15) is 26.3 Å². The Kier molecular flexibility index (Phi) is 6.77. The van der Waals surface area contributed by atoms with Gasteiger partial charge in [0.1, 0.15) is 11.6 Å². The molecule has 0 aromatic heterocycles. The molecule has 0 aliphatic carbocycles. The topological polar surface area (TPSA) is 131 Å². The molecule has 0 saturated carbocycles. The molecule has 0 aliphatic heterocycles. The molecule has 0 radical (unpaired) electrons. The predicted octanol–water partition coefficient (Wildman–Crippen LogP) is 1.51. The number of rotatable bonds is 6. The number of carbonyl (C=O) groups excluding carboxylic acids is 2. The number of esters is 1. The number of anilines is 1. The number of benzene rings is 1. The second-order valence-electron chi connectivity index (χ2n) is 6.20. The lowest BCUT2D eigenvalue weighted by Crippen LogP contribution is -2.45. The van der Waals surface area contributed by atoms with E-state index in [0.29, 0.717) is 5.56 Å². The van der Waals surface area contributed by atoms with E-state index in [9.17, 15) is 18.0 Å². The third kappa shape index (κ3) is 8.36. The number of alkyl carbamates (subject to hydrolysis) is 1. The SMILES string of the molecule is COC(=O)[C@H](Cc1ccc(NS(=O)(=O)O)cc1)NC(=O)OC(C)(C)C. The normalized spacial score (nSPS) is 12.8. The zero-order valence-corrected chi connectivity index (χ0v) is 15.2. The Balaban J connectivity index is 2.81. The molecule has 9 nitrogen and oxygen atoms in total. The molecule has 0 fully saturated rings. The fourth-order valence-electron chi connectivity index (χ4n) is 1.88. The van der Waals surface area contributed by atoms with Crippen LogP contribution in [-0.2, 0) is 31.0 Å². The molecule has 0 spiro atoms. The van der Waals surface area contributed by atoms with Crippen molar-refractivity contribution in [3.8, 4) is 0 Å². The van der Waals surface area contributed by atoms with Crippen LogP contribution < -0.4 is 10.0 Å². The molecule has 140 valence electrons. The van der Waals surface area contributed by atoms with Crippen molar-refractivity contribution in [2.45, 2.75) is 38.8 Å². The highest BCUT2D eigenvalue weighted by Crippen LogP contribution is 2.13. The smallest absolute Gasteiger partial charge is 0.408 e. The van der Waals surface area contributed by atoms with Gasteiger partial charge in [-0.2, -0.15) is 8.42 Å². The van der Waals surface area contributed by atoms with Crippen molar-refractivity contribution in [3.63, 3.8) is 0 Å². The monoisotopic (exact) mass is 374 g/mol. The number of ether oxygens (including phenoxy) is 2. The van der Waals surface area contributed by atoms with E-state index in [1.165, 1.54) is 19.2 Å². The van der Waals surface area contributed by atoms with E-state index in [1.807, 2.05) is 4.72 Å². The summed E-state index contributed by atoms with van der Waals surface area (Å²) in [6.45, 7) is 5.09. The summed E-state index contributed by atoms with van der Waals surface area (Å²) >= 11 is 0. The predicted molar refractivity (Wildman–Crippen MR) is 90.5 cm³/mol. The molecule has 10 heteroatoms. The summed E-state index contributed by atoms with van der Waals surface area (Å²) in [7, 11) is -3.16. The van der Waals surface area contributed by atoms with Gasteiger partial charge in [-0.1, -0.05) is 12.1 Å². The van der Waals surface area contributed by atoms with E-state index in [4.69, 9.17) is 9.29 Å². The van der Waals surface area contributed by atoms with Crippen LogP contribution >= 0.6 is 0 Å². The molecule has 1 amide bonds. The lowest BCUT2D eigenvalue weighted by atomic mass is 10.1. The largest absolute Gasteiger partial charge is 0.467 e. The van der Waals surface area contributed by atoms with Crippen LogP contribution in [0.3, 0.4) is 0 Å². The molecule has 0 heterocycles. The van der Waals surface area contributed by atoms with Gasteiger partial charge in [0.25, 0.3) is 0 Å². The molecule has 0 unspecified atom stereocenters. The molecule has 1 aromatic rings. The molecule has 1 atom stereocenters. The second kappa shape index (κ2) is 8.17. The van der Waals surface area contributed by atoms with Crippen molar-refractivity contribution in [1.82, 2.24) is 5.32 Å². The molecule has 1 aromatic carbocycles. The van der Waals surface area contributed by atoms with Gasteiger partial charge in [-0.15, -0.1) is 0 Å². The first-order valence-electron chi connectivity index (χ1n) is 7.31. The molecule has 3 N–H and O–H groups in total. The Labute approximate surface area is 146 Å². The average Bonchev–Trinajstić information content (AvgIpc) is 2.44. The van der Waals surface area contributed by atoms with Gasteiger partial charge in [0.2, 0.25) is 0 Å². The summed E-state index contributed by atoms with van der Waals surface area (Å²) in [5, 5.41) is 2.44. The van der Waals surface area contributed by atoms with Crippen molar-refractivity contribution in [2.75, 3.05) is 11.8 Å². The second-order valence-corrected chi connectivity index (χ2v) is 7.35. The lowest BCUT2D eigenvalue weighted by molar-refractivity contribution is -0.143. The first kappa shape index (κ1) is 20.7. The van der Waals surface area contributed by atoms with Crippen LogP contribution in [0.4, 0.5) is 10.5 Å². The zero-order valence-electron chi connectivity index (χ0n) is 14.4. The van der Waals surface area contributed by atoms with Gasteiger partial charge >= 0.3 is 22.4 Å². The molecule has 25 heavy (non-hydrogen) atoms. The molecule has 0 bridgehead atoms. The van der Waals surface area contributed by atoms with Crippen LogP contribution in [0.2, 0.25) is 0 Å². The number of hydrogen-bond donors (Lipinski definition) is 3. The maximum Gasteiger partial charge on any atom is 0.408 e. The van der Waals surface area contributed by atoms with E-state index in [-0.39, 0.29) is 12.1 Å². The number of hydrogen-bond acceptors (Lipinski definition) is 6. The van der Waals surface area contributed by atoms with Crippen molar-refractivity contribution in [3.05, 3.63) is 29.8 Å². The van der Waals surface area contributed by atoms with Gasteiger partial charge in [0.05, 0.1) is 12.8 Å². The molecule has 1 rings (SSSR count). The van der Waals surface area contributed by atoms with E-state index >= 15 is 0 Å². The average molecular weight is 374 g/mol. The number of methoxy groups -OCH3 is 1. The Hall–Kier alpha value is -2.33. The number of amides is 1. The van der Waals surface area contributed by atoms with Gasteiger partial charge in [0.15, 0.2) is 0 Å². The van der Waals surface area contributed by atoms with E-state index in [1.54, 1.807) is 32.9 Å². The first-order valence-corrected chi connectivity index (χ1v) is 8.75. The number of carbonyl (C=O) groups is 2. The van der Waals surface area contributed by atoms with Crippen molar-refractivity contribution < 1.29 is 32.0 Å². The van der Waals surface area contributed by atoms with Crippen molar-refractivity contribution >= 4 is 28.1 Å². The van der Waals surface area contributed by atoms with Crippen LogP contribution in [-0.4, -0.2) is 43.8 Å². The Morgan fingerprint density at radius 2 is 1.76 bits per heavy atom. The third-order valence-corrected chi connectivity index (χ3v) is 3.31. The molecule has 0 aliphatic rings. The van der Waals surface area contributed by atoms with E-state index in [2.05, 4.69) is 10.1 Å². The standard InChI is InChI=1S/C15H22N2O7S/c1-15(2,3)24-14(19)16-12(13(18)23-4)9-10-5-7-11(8-6-10)17-25(20,21)22/h5-8,12,17H,9H2,1-4H3,(H,16,19)(H,20,21,22)/t12-/m0/s1. The van der Waals surface area contributed by atoms with Crippen LogP contribution in [0, 0.1) is 0 Å². The van der Waals surface area contributed by atoms with Gasteiger partial charge in [0, 0.05) is 6.42 Å². The summed E-state index contributed by atoms with van der Waals surface area (Å²) in [5.41, 5.74) is 0.0710. The van der Waals surface area contributed by atoms with Gasteiger partial charge in [-0.05, 0) is 38.5 Å². The minimum Gasteiger partial charge on any atom is -0.467 e. The minimum absolute atomic E-state index is 0.109. The Bertz CT molecular complexity index is 708. The highest BCUT2D eigenvalue weighted by atomic mass is 32.2. The van der Waals surface area contributed by atoms with Crippen LogP contribution in [0.15, 0.2) is 24.3 Å². The summed E-state index contributed by atoms with van der Waals surface area (Å²) < 4.78 is 41.9. The molecule has 0 saturated heterocycles. The summed E-state index contributed by atoms with van der Waals surface area (Å²) in [6, 6.07) is 4.93. The highest BCUT2D eigenvalue weighted by Gasteiger charge is 2.25. The quantitative estimate of drug-likeness (QED) is 0.508. The maximum atomic E-state index is 11.9. The maximum absolute atomic E-state index is 11.9. The molecular formula is C15H22N2O7S. The number of nitrogens with one attached hydrogen (secondary N) is 2. The highest BCUT2D eigenvalue weighted by molar-refractivity contribution is 7.87. The fourth-order valence-corrected chi connectivity index (χ4v) is 2.31. The fraction of sp³-hybridized carbons (Fsp3) is 0.467. The zero-order chi connectivity index (χ0) is 19.3. The summed E-state index contributed by atoms with van der Waals surface area (Å²) in [5.74, 6) is -0.647. The Morgan fingerprint density at radius 3 is 2.20 bits per heavy atom. The Morgan fingerprint density at radius 1 is 1.20 bits per heavy atom. The van der Waals surface area contributed by atoms with Crippen LogP contribution in [0.25, 0.3) is 0 Å². The third-order valence-electron chi connectivity index (χ3n) is 2.82. The van der Waals surface area contributed by atoms with Crippen molar-refractivity contribution in [2.24, 2.45) is 0 Å².